The Labute approximate surface area is 176 Å². The van der Waals surface area contributed by atoms with Crippen LogP contribution in [-0.2, 0) is 17.6 Å². The van der Waals surface area contributed by atoms with Gasteiger partial charge in [0.05, 0.1) is 18.0 Å². The third-order valence-corrected chi connectivity index (χ3v) is 6.25. The van der Waals surface area contributed by atoms with Gasteiger partial charge in [-0.15, -0.1) is 0 Å². The molecule has 2 aromatic rings. The molecular formula is C23H27N3O4. The largest absolute Gasteiger partial charge is 0.497 e. The number of piperidine rings is 1. The lowest BCUT2D eigenvalue weighted by Gasteiger charge is -2.45. The van der Waals surface area contributed by atoms with Gasteiger partial charge in [0.15, 0.2) is 0 Å². The van der Waals surface area contributed by atoms with E-state index in [1.54, 1.807) is 19.2 Å². The number of hydrogen-bond donors (Lipinski definition) is 1. The highest BCUT2D eigenvalue weighted by molar-refractivity contribution is 5.82. The fraction of sp³-hybridized carbons (Fsp3) is 0.435. The molecular weight excluding hydrogens is 382 g/mol. The van der Waals surface area contributed by atoms with E-state index < -0.39 is 0 Å². The Morgan fingerprint density at radius 2 is 2.03 bits per heavy atom. The van der Waals surface area contributed by atoms with Crippen LogP contribution in [0.15, 0.2) is 42.5 Å². The quantitative estimate of drug-likeness (QED) is 0.583. The van der Waals surface area contributed by atoms with Gasteiger partial charge >= 0.3 is 0 Å². The highest BCUT2D eigenvalue weighted by atomic mass is 16.6. The molecule has 7 nitrogen and oxygen atoms in total. The second-order valence-corrected chi connectivity index (χ2v) is 8.03. The van der Waals surface area contributed by atoms with E-state index in [0.717, 1.165) is 54.8 Å². The number of rotatable bonds is 6. The van der Waals surface area contributed by atoms with Crippen LogP contribution in [0.5, 0.6) is 5.75 Å². The standard InChI is InChI=1S/C23H27N3O4/c1-30-19-8-5-16(6-9-19)11-12-24-23(27)20-15-17-14-18(26(28)29)7-10-21(17)25-13-3-2-4-22(20)25/h5-10,14,20,22H,2-4,11-13,15H2,1H3,(H,24,27)/t20-,22-/m1/s1. The first kappa shape index (κ1) is 20.2. The van der Waals surface area contributed by atoms with E-state index in [2.05, 4.69) is 10.2 Å². The van der Waals surface area contributed by atoms with Crippen molar-refractivity contribution in [3.05, 3.63) is 63.7 Å². The maximum Gasteiger partial charge on any atom is 0.269 e. The van der Waals surface area contributed by atoms with Crippen LogP contribution in [-0.4, -0.2) is 37.1 Å². The molecule has 0 aliphatic carbocycles. The highest BCUT2D eigenvalue weighted by Crippen LogP contribution is 2.39. The van der Waals surface area contributed by atoms with Crippen molar-refractivity contribution in [2.45, 2.75) is 38.1 Å². The third kappa shape index (κ3) is 4.10. The number of amides is 1. The minimum Gasteiger partial charge on any atom is -0.497 e. The molecule has 1 N–H and O–H groups in total. The molecule has 4 rings (SSSR count). The molecule has 1 amide bonds. The Balaban J connectivity index is 1.46. The number of nitrogens with one attached hydrogen (secondary N) is 1. The van der Waals surface area contributed by atoms with Crippen molar-refractivity contribution < 1.29 is 14.5 Å². The molecule has 0 spiro atoms. The number of methoxy groups -OCH3 is 1. The van der Waals surface area contributed by atoms with Gasteiger partial charge in [0.1, 0.15) is 5.75 Å². The van der Waals surface area contributed by atoms with Gasteiger partial charge in [-0.05, 0) is 61.4 Å². The topological polar surface area (TPSA) is 84.7 Å². The number of carbonyl (C=O) groups is 1. The molecule has 158 valence electrons. The molecule has 2 atom stereocenters. The van der Waals surface area contributed by atoms with E-state index in [1.807, 2.05) is 30.3 Å². The number of nitrogens with zero attached hydrogens (tertiary/aromatic N) is 2. The van der Waals surface area contributed by atoms with E-state index in [4.69, 9.17) is 4.74 Å². The monoisotopic (exact) mass is 409 g/mol. The Morgan fingerprint density at radius 3 is 2.77 bits per heavy atom. The summed E-state index contributed by atoms with van der Waals surface area (Å²) < 4.78 is 5.18. The minimum atomic E-state index is -0.369. The number of non-ortho nitro benzene ring substituents is 1. The van der Waals surface area contributed by atoms with Crippen LogP contribution in [0, 0.1) is 16.0 Å². The normalized spacial score (nSPS) is 20.1. The fourth-order valence-corrected chi connectivity index (χ4v) is 4.70. The maximum absolute atomic E-state index is 13.1. The molecule has 1 fully saturated rings. The Morgan fingerprint density at radius 1 is 1.23 bits per heavy atom. The number of nitro benzene ring substituents is 1. The Bertz CT molecular complexity index is 929. The summed E-state index contributed by atoms with van der Waals surface area (Å²) in [5.74, 6) is 0.670. The van der Waals surface area contributed by atoms with Gasteiger partial charge in [-0.1, -0.05) is 12.1 Å². The summed E-state index contributed by atoms with van der Waals surface area (Å²) in [7, 11) is 1.64. The lowest BCUT2D eigenvalue weighted by molar-refractivity contribution is -0.384. The second-order valence-electron chi connectivity index (χ2n) is 8.03. The molecule has 0 radical (unpaired) electrons. The molecule has 30 heavy (non-hydrogen) atoms. The zero-order valence-electron chi connectivity index (χ0n) is 17.2. The van der Waals surface area contributed by atoms with E-state index in [1.165, 1.54) is 0 Å². The molecule has 0 bridgehead atoms. The summed E-state index contributed by atoms with van der Waals surface area (Å²) in [4.78, 5) is 26.2. The van der Waals surface area contributed by atoms with Gasteiger partial charge in [-0.3, -0.25) is 14.9 Å². The number of benzene rings is 2. The lowest BCUT2D eigenvalue weighted by Crippen LogP contribution is -2.53. The zero-order valence-corrected chi connectivity index (χ0v) is 17.2. The number of ether oxygens (including phenoxy) is 1. The first-order chi connectivity index (χ1) is 14.6. The van der Waals surface area contributed by atoms with Crippen molar-refractivity contribution in [3.63, 3.8) is 0 Å². The molecule has 7 heteroatoms. The molecule has 2 aliphatic rings. The van der Waals surface area contributed by atoms with Gasteiger partial charge in [0.25, 0.3) is 5.69 Å². The van der Waals surface area contributed by atoms with E-state index in [9.17, 15) is 14.9 Å². The molecule has 0 aromatic heterocycles. The van der Waals surface area contributed by atoms with Crippen LogP contribution >= 0.6 is 0 Å². The Kier molecular flexibility index (Phi) is 5.88. The lowest BCUT2D eigenvalue weighted by atomic mass is 9.80. The van der Waals surface area contributed by atoms with Crippen LogP contribution in [0.2, 0.25) is 0 Å². The predicted octanol–water partition coefficient (Wildman–Crippen LogP) is 3.49. The van der Waals surface area contributed by atoms with Gasteiger partial charge in [-0.2, -0.15) is 0 Å². The first-order valence-corrected chi connectivity index (χ1v) is 10.5. The summed E-state index contributed by atoms with van der Waals surface area (Å²) >= 11 is 0. The molecule has 2 aromatic carbocycles. The molecule has 0 unspecified atom stereocenters. The molecule has 1 saturated heterocycles. The number of nitro groups is 1. The summed E-state index contributed by atoms with van der Waals surface area (Å²) in [6.07, 6.45) is 4.47. The van der Waals surface area contributed by atoms with Crippen LogP contribution < -0.4 is 15.0 Å². The van der Waals surface area contributed by atoms with Crippen molar-refractivity contribution >= 4 is 17.3 Å². The molecule has 0 saturated carbocycles. The van der Waals surface area contributed by atoms with Crippen molar-refractivity contribution in [2.75, 3.05) is 25.1 Å². The summed E-state index contributed by atoms with van der Waals surface area (Å²) in [6, 6.07) is 13.1. The van der Waals surface area contributed by atoms with Crippen molar-refractivity contribution in [1.82, 2.24) is 5.32 Å². The molecule has 2 aliphatic heterocycles. The van der Waals surface area contributed by atoms with Crippen LogP contribution in [0.4, 0.5) is 11.4 Å². The van der Waals surface area contributed by atoms with Gasteiger partial charge in [-0.25, -0.2) is 0 Å². The average molecular weight is 409 g/mol. The number of hydrogen-bond acceptors (Lipinski definition) is 5. The van der Waals surface area contributed by atoms with Crippen LogP contribution in [0.3, 0.4) is 0 Å². The smallest absolute Gasteiger partial charge is 0.269 e. The third-order valence-electron chi connectivity index (χ3n) is 6.25. The van der Waals surface area contributed by atoms with Crippen molar-refractivity contribution in [1.29, 1.82) is 0 Å². The van der Waals surface area contributed by atoms with Crippen molar-refractivity contribution in [3.8, 4) is 5.75 Å². The average Bonchev–Trinajstić information content (AvgIpc) is 2.78. The highest BCUT2D eigenvalue weighted by Gasteiger charge is 2.39. The number of anilines is 1. The van der Waals surface area contributed by atoms with E-state index in [-0.39, 0.29) is 28.5 Å². The molecule has 2 heterocycles. The summed E-state index contributed by atoms with van der Waals surface area (Å²) in [5.41, 5.74) is 3.17. The fourth-order valence-electron chi connectivity index (χ4n) is 4.70. The summed E-state index contributed by atoms with van der Waals surface area (Å²) in [6.45, 7) is 1.46. The maximum atomic E-state index is 13.1. The number of carbonyl (C=O) groups excluding carboxylic acids is 1. The van der Waals surface area contributed by atoms with Crippen LogP contribution in [0.25, 0.3) is 0 Å². The minimum absolute atomic E-state index is 0.0394. The van der Waals surface area contributed by atoms with E-state index in [0.29, 0.717) is 13.0 Å². The zero-order chi connectivity index (χ0) is 21.1. The van der Waals surface area contributed by atoms with E-state index >= 15 is 0 Å². The van der Waals surface area contributed by atoms with Crippen LogP contribution in [0.1, 0.15) is 30.4 Å². The predicted molar refractivity (Wildman–Crippen MR) is 115 cm³/mol. The second kappa shape index (κ2) is 8.73. The first-order valence-electron chi connectivity index (χ1n) is 10.5. The van der Waals surface area contributed by atoms with Gasteiger partial charge in [0.2, 0.25) is 5.91 Å². The van der Waals surface area contributed by atoms with Gasteiger partial charge in [0, 0.05) is 37.0 Å². The van der Waals surface area contributed by atoms with Crippen molar-refractivity contribution in [2.24, 2.45) is 5.92 Å². The number of fused-ring (bicyclic) bond motifs is 3. The summed E-state index contributed by atoms with van der Waals surface area (Å²) in [5, 5.41) is 14.3. The Hall–Kier alpha value is -3.09. The SMILES string of the molecule is COc1ccc(CCNC(=O)[C@@H]2Cc3cc([N+](=O)[O-])ccc3N3CCCC[C@H]23)cc1. The van der Waals surface area contributed by atoms with Gasteiger partial charge < -0.3 is 15.0 Å².